The molecule has 2 aromatic carbocycles. The molecule has 6 nitrogen and oxygen atoms in total. The second-order valence-corrected chi connectivity index (χ2v) is 7.16. The number of nitrogens with one attached hydrogen (secondary N) is 2. The zero-order valence-electron chi connectivity index (χ0n) is 17.5. The van der Waals surface area contributed by atoms with Crippen LogP contribution < -0.4 is 15.4 Å². The summed E-state index contributed by atoms with van der Waals surface area (Å²) in [6.07, 6.45) is 1.01. The number of ether oxygens (including phenoxy) is 3. The topological polar surface area (TPSA) is 64.1 Å². The van der Waals surface area contributed by atoms with E-state index in [1.807, 2.05) is 18.2 Å². The fourth-order valence-electron chi connectivity index (χ4n) is 3.30. The van der Waals surface area contributed by atoms with Crippen LogP contribution in [0.15, 0.2) is 53.5 Å². The van der Waals surface area contributed by atoms with Crippen molar-refractivity contribution in [3.63, 3.8) is 0 Å². The van der Waals surface area contributed by atoms with Crippen LogP contribution >= 0.6 is 0 Å². The van der Waals surface area contributed by atoms with Crippen LogP contribution in [0.25, 0.3) is 0 Å². The molecule has 29 heavy (non-hydrogen) atoms. The van der Waals surface area contributed by atoms with E-state index in [0.29, 0.717) is 19.7 Å². The summed E-state index contributed by atoms with van der Waals surface area (Å²) in [6, 6.07) is 16.4. The predicted molar refractivity (Wildman–Crippen MR) is 115 cm³/mol. The van der Waals surface area contributed by atoms with Gasteiger partial charge in [-0.2, -0.15) is 0 Å². The van der Waals surface area contributed by atoms with E-state index >= 15 is 0 Å². The highest BCUT2D eigenvalue weighted by atomic mass is 16.5. The minimum atomic E-state index is -0.0459. The minimum absolute atomic E-state index is 0.0459. The smallest absolute Gasteiger partial charge is 0.191 e. The largest absolute Gasteiger partial charge is 0.488 e. The average Bonchev–Trinajstić information content (AvgIpc) is 3.25. The lowest BCUT2D eigenvalue weighted by molar-refractivity contribution is 0.106. The van der Waals surface area contributed by atoms with Crippen LogP contribution in [0.4, 0.5) is 0 Å². The van der Waals surface area contributed by atoms with Gasteiger partial charge in [0.15, 0.2) is 5.96 Å². The summed E-state index contributed by atoms with van der Waals surface area (Å²) >= 11 is 0. The van der Waals surface area contributed by atoms with Gasteiger partial charge in [0.05, 0.1) is 19.3 Å². The van der Waals surface area contributed by atoms with E-state index in [1.165, 1.54) is 5.56 Å². The molecule has 1 aliphatic rings. The lowest BCUT2D eigenvalue weighted by Crippen LogP contribution is -2.39. The van der Waals surface area contributed by atoms with E-state index in [9.17, 15) is 0 Å². The first kappa shape index (κ1) is 21.1. The van der Waals surface area contributed by atoms with Gasteiger partial charge in [0.1, 0.15) is 11.9 Å². The van der Waals surface area contributed by atoms with Crippen molar-refractivity contribution >= 4 is 5.96 Å². The number of aryl methyl sites for hydroxylation is 1. The van der Waals surface area contributed by atoms with E-state index < -0.39 is 0 Å². The quantitative estimate of drug-likeness (QED) is 0.529. The van der Waals surface area contributed by atoms with Crippen LogP contribution in [0.3, 0.4) is 0 Å². The Balaban J connectivity index is 1.57. The summed E-state index contributed by atoms with van der Waals surface area (Å²) in [5.41, 5.74) is 3.40. The molecule has 1 saturated heterocycles. The number of methoxy groups -OCH3 is 1. The molecule has 1 aliphatic heterocycles. The van der Waals surface area contributed by atoms with Crippen LogP contribution in [0.1, 0.15) is 29.2 Å². The SMILES string of the molecule is CN=C(NCc1ccc(C)cc1OC1CCOC1)NCC(OC)c1ccccc1. The molecule has 0 spiro atoms. The second-order valence-electron chi connectivity index (χ2n) is 7.16. The number of guanidine groups is 1. The van der Waals surface area contributed by atoms with Crippen LogP contribution in [-0.4, -0.2) is 46.0 Å². The molecule has 1 heterocycles. The monoisotopic (exact) mass is 397 g/mol. The summed E-state index contributed by atoms with van der Waals surface area (Å²) < 4.78 is 17.2. The first-order valence-electron chi connectivity index (χ1n) is 10.1. The first-order chi connectivity index (χ1) is 14.2. The van der Waals surface area contributed by atoms with Crippen molar-refractivity contribution in [2.24, 2.45) is 4.99 Å². The molecule has 2 unspecified atom stereocenters. The molecular formula is C23H31N3O3. The molecule has 0 amide bonds. The van der Waals surface area contributed by atoms with Crippen LogP contribution in [0.5, 0.6) is 5.75 Å². The van der Waals surface area contributed by atoms with Gasteiger partial charge >= 0.3 is 0 Å². The Hall–Kier alpha value is -2.57. The van der Waals surface area contributed by atoms with Crippen LogP contribution in [-0.2, 0) is 16.0 Å². The minimum Gasteiger partial charge on any atom is -0.488 e. The Morgan fingerprint density at radius 3 is 2.72 bits per heavy atom. The third-order valence-corrected chi connectivity index (χ3v) is 4.98. The maximum atomic E-state index is 6.18. The summed E-state index contributed by atoms with van der Waals surface area (Å²) in [4.78, 5) is 4.33. The number of nitrogens with zero attached hydrogens (tertiary/aromatic N) is 1. The van der Waals surface area contributed by atoms with Gasteiger partial charge in [0.25, 0.3) is 0 Å². The number of rotatable bonds is 8. The number of hydrogen-bond donors (Lipinski definition) is 2. The van der Waals surface area contributed by atoms with Crippen molar-refractivity contribution in [3.05, 3.63) is 65.2 Å². The van der Waals surface area contributed by atoms with Gasteiger partial charge in [0, 0.05) is 39.2 Å². The molecule has 0 aromatic heterocycles. The molecule has 0 aliphatic carbocycles. The van der Waals surface area contributed by atoms with E-state index in [2.05, 4.69) is 52.9 Å². The lowest BCUT2D eigenvalue weighted by atomic mass is 10.1. The first-order valence-corrected chi connectivity index (χ1v) is 10.1. The maximum absolute atomic E-state index is 6.18. The van der Waals surface area contributed by atoms with Crippen LogP contribution in [0.2, 0.25) is 0 Å². The Labute approximate surface area is 173 Å². The Morgan fingerprint density at radius 2 is 2.03 bits per heavy atom. The van der Waals surface area contributed by atoms with Crippen molar-refractivity contribution in [1.29, 1.82) is 0 Å². The maximum Gasteiger partial charge on any atom is 0.191 e. The Morgan fingerprint density at radius 1 is 1.21 bits per heavy atom. The average molecular weight is 398 g/mol. The van der Waals surface area contributed by atoms with Crippen LogP contribution in [0, 0.1) is 6.92 Å². The van der Waals surface area contributed by atoms with Crippen molar-refractivity contribution in [2.75, 3.05) is 33.9 Å². The number of aliphatic imine (C=N–C) groups is 1. The van der Waals surface area contributed by atoms with Crippen molar-refractivity contribution in [1.82, 2.24) is 10.6 Å². The van der Waals surface area contributed by atoms with Gasteiger partial charge in [-0.1, -0.05) is 42.5 Å². The van der Waals surface area contributed by atoms with E-state index in [1.54, 1.807) is 14.2 Å². The van der Waals surface area contributed by atoms with E-state index in [4.69, 9.17) is 14.2 Å². The molecule has 6 heteroatoms. The van der Waals surface area contributed by atoms with Gasteiger partial charge in [-0.05, 0) is 24.1 Å². The highest BCUT2D eigenvalue weighted by Gasteiger charge is 2.19. The normalized spacial score (nSPS) is 17.8. The van der Waals surface area contributed by atoms with Gasteiger partial charge < -0.3 is 24.8 Å². The summed E-state index contributed by atoms with van der Waals surface area (Å²) in [5, 5.41) is 6.72. The Bertz CT molecular complexity index is 789. The van der Waals surface area contributed by atoms with E-state index in [0.717, 1.165) is 35.9 Å². The zero-order valence-corrected chi connectivity index (χ0v) is 17.5. The lowest BCUT2D eigenvalue weighted by Gasteiger charge is -2.20. The van der Waals surface area contributed by atoms with Crippen molar-refractivity contribution in [3.8, 4) is 5.75 Å². The molecule has 0 saturated carbocycles. The molecule has 3 rings (SSSR count). The molecular weight excluding hydrogens is 366 g/mol. The molecule has 0 radical (unpaired) electrons. The third-order valence-electron chi connectivity index (χ3n) is 4.98. The zero-order chi connectivity index (χ0) is 20.5. The summed E-state index contributed by atoms with van der Waals surface area (Å²) in [7, 11) is 3.49. The molecule has 1 fully saturated rings. The van der Waals surface area contributed by atoms with E-state index in [-0.39, 0.29) is 12.2 Å². The highest BCUT2D eigenvalue weighted by Crippen LogP contribution is 2.24. The fraction of sp³-hybridized carbons (Fsp3) is 0.435. The fourth-order valence-corrected chi connectivity index (χ4v) is 3.30. The predicted octanol–water partition coefficient (Wildman–Crippen LogP) is 3.22. The molecule has 156 valence electrons. The molecule has 0 bridgehead atoms. The molecule has 2 aromatic rings. The summed E-state index contributed by atoms with van der Waals surface area (Å²) in [6.45, 7) is 4.73. The van der Waals surface area contributed by atoms with Crippen molar-refractivity contribution < 1.29 is 14.2 Å². The molecule has 2 atom stereocenters. The Kier molecular flexibility index (Phi) is 7.90. The summed E-state index contributed by atoms with van der Waals surface area (Å²) in [5.74, 6) is 1.63. The van der Waals surface area contributed by atoms with Gasteiger partial charge in [-0.3, -0.25) is 4.99 Å². The highest BCUT2D eigenvalue weighted by molar-refractivity contribution is 5.79. The standard InChI is InChI=1S/C23H31N3O3/c1-17-9-10-19(21(13-17)29-20-11-12-28-16-20)14-25-23(24-2)26-15-22(27-3)18-7-5-4-6-8-18/h4-10,13,20,22H,11-12,14-16H2,1-3H3,(H2,24,25,26). The second kappa shape index (κ2) is 10.8. The third kappa shape index (κ3) is 6.21. The van der Waals surface area contributed by atoms with Crippen molar-refractivity contribution in [2.45, 2.75) is 32.1 Å². The van der Waals surface area contributed by atoms with Gasteiger partial charge in [0.2, 0.25) is 0 Å². The number of hydrogen-bond acceptors (Lipinski definition) is 4. The van der Waals surface area contributed by atoms with Gasteiger partial charge in [-0.25, -0.2) is 0 Å². The van der Waals surface area contributed by atoms with Gasteiger partial charge in [-0.15, -0.1) is 0 Å². The molecule has 2 N–H and O–H groups in total. The number of benzene rings is 2.